The van der Waals surface area contributed by atoms with Crippen LogP contribution in [0.2, 0.25) is 0 Å². The van der Waals surface area contributed by atoms with Crippen molar-refractivity contribution in [2.75, 3.05) is 20.3 Å². The van der Waals surface area contributed by atoms with E-state index in [1.165, 1.54) is 0 Å². The molecule has 0 bridgehead atoms. The van der Waals surface area contributed by atoms with Gasteiger partial charge in [-0.15, -0.1) is 10.1 Å². The van der Waals surface area contributed by atoms with E-state index in [0.717, 1.165) is 0 Å². The lowest BCUT2D eigenvalue weighted by molar-refractivity contribution is -0.759. The van der Waals surface area contributed by atoms with Crippen LogP contribution in [0.5, 0.6) is 0 Å². The van der Waals surface area contributed by atoms with Crippen molar-refractivity contribution in [3.8, 4) is 0 Å². The minimum atomic E-state index is -0.799. The lowest BCUT2D eigenvalue weighted by Crippen LogP contribution is -2.14. The van der Waals surface area contributed by atoms with Crippen molar-refractivity contribution in [1.29, 1.82) is 0 Å². The SMILES string of the molecule is COCC(C)CO[N+](=O)[O-]. The van der Waals surface area contributed by atoms with Gasteiger partial charge in [-0.05, 0) is 0 Å². The molecule has 0 radical (unpaired) electrons. The fourth-order valence-corrected chi connectivity index (χ4v) is 0.521. The maximum atomic E-state index is 9.65. The average Bonchev–Trinajstić information content (AvgIpc) is 1.85. The molecule has 0 N–H and O–H groups in total. The van der Waals surface area contributed by atoms with E-state index >= 15 is 0 Å². The fraction of sp³-hybridized carbons (Fsp3) is 1.00. The molecule has 0 aromatic rings. The molecule has 5 nitrogen and oxygen atoms in total. The predicted molar refractivity (Wildman–Crippen MR) is 34.0 cm³/mol. The highest BCUT2D eigenvalue weighted by atomic mass is 16.9. The maximum absolute atomic E-state index is 9.65. The first-order valence-corrected chi connectivity index (χ1v) is 2.93. The van der Waals surface area contributed by atoms with Gasteiger partial charge >= 0.3 is 0 Å². The van der Waals surface area contributed by atoms with E-state index in [0.29, 0.717) is 6.61 Å². The molecule has 1 unspecified atom stereocenters. The minimum Gasteiger partial charge on any atom is -0.384 e. The molecule has 0 rings (SSSR count). The van der Waals surface area contributed by atoms with Crippen LogP contribution < -0.4 is 0 Å². The van der Waals surface area contributed by atoms with Crippen LogP contribution in [-0.4, -0.2) is 25.4 Å². The van der Waals surface area contributed by atoms with Gasteiger partial charge in [-0.1, -0.05) is 6.92 Å². The molecule has 5 heteroatoms. The molecule has 0 saturated carbocycles. The van der Waals surface area contributed by atoms with E-state index in [-0.39, 0.29) is 12.5 Å². The Hall–Kier alpha value is -0.840. The van der Waals surface area contributed by atoms with Crippen LogP contribution in [0.1, 0.15) is 6.92 Å². The lowest BCUT2D eigenvalue weighted by Gasteiger charge is -2.06. The summed E-state index contributed by atoms with van der Waals surface area (Å²) in [5.74, 6) is 0.0652. The Bertz CT molecular complexity index is 106. The summed E-state index contributed by atoms with van der Waals surface area (Å²) in [5.41, 5.74) is 0. The second-order valence-electron chi connectivity index (χ2n) is 2.08. The second-order valence-corrected chi connectivity index (χ2v) is 2.08. The van der Waals surface area contributed by atoms with Crippen LogP contribution >= 0.6 is 0 Å². The number of hydrogen-bond donors (Lipinski definition) is 0. The third-order valence-electron chi connectivity index (χ3n) is 0.916. The van der Waals surface area contributed by atoms with Crippen molar-refractivity contribution in [3.05, 3.63) is 10.1 Å². The van der Waals surface area contributed by atoms with Gasteiger partial charge in [-0.2, -0.15) is 0 Å². The van der Waals surface area contributed by atoms with Crippen LogP contribution in [-0.2, 0) is 9.57 Å². The van der Waals surface area contributed by atoms with Crippen LogP contribution in [0.25, 0.3) is 0 Å². The second kappa shape index (κ2) is 4.99. The van der Waals surface area contributed by atoms with Crippen LogP contribution in [0.3, 0.4) is 0 Å². The third kappa shape index (κ3) is 5.30. The highest BCUT2D eigenvalue weighted by Gasteiger charge is 2.03. The summed E-state index contributed by atoms with van der Waals surface area (Å²) in [6.45, 7) is 2.39. The summed E-state index contributed by atoms with van der Waals surface area (Å²) < 4.78 is 4.73. The number of rotatable bonds is 5. The van der Waals surface area contributed by atoms with Gasteiger partial charge in [0.15, 0.2) is 0 Å². The molecule has 1 atom stereocenters. The largest absolute Gasteiger partial charge is 0.384 e. The van der Waals surface area contributed by atoms with Crippen molar-refractivity contribution in [2.45, 2.75) is 6.92 Å². The average molecular weight is 149 g/mol. The number of nitrogens with zero attached hydrogens (tertiary/aromatic N) is 1. The highest BCUT2D eigenvalue weighted by molar-refractivity contribution is 4.44. The quantitative estimate of drug-likeness (QED) is 0.421. The van der Waals surface area contributed by atoms with E-state index in [2.05, 4.69) is 4.84 Å². The van der Waals surface area contributed by atoms with Gasteiger partial charge in [0.1, 0.15) is 6.61 Å². The maximum Gasteiger partial charge on any atom is 0.294 e. The van der Waals surface area contributed by atoms with E-state index in [4.69, 9.17) is 4.74 Å². The van der Waals surface area contributed by atoms with Gasteiger partial charge < -0.3 is 9.57 Å². The Kier molecular flexibility index (Phi) is 4.57. The van der Waals surface area contributed by atoms with Gasteiger partial charge in [-0.3, -0.25) is 0 Å². The van der Waals surface area contributed by atoms with Gasteiger partial charge in [-0.25, -0.2) is 0 Å². The van der Waals surface area contributed by atoms with Crippen LogP contribution in [0, 0.1) is 16.0 Å². The molecule has 0 aromatic carbocycles. The topological polar surface area (TPSA) is 61.6 Å². The zero-order valence-electron chi connectivity index (χ0n) is 6.07. The molecule has 0 fully saturated rings. The minimum absolute atomic E-state index is 0.0652. The smallest absolute Gasteiger partial charge is 0.294 e. The van der Waals surface area contributed by atoms with Crippen molar-refractivity contribution >= 4 is 0 Å². The summed E-state index contributed by atoms with van der Waals surface area (Å²) in [6, 6.07) is 0. The molecule has 0 saturated heterocycles. The normalized spacial score (nSPS) is 12.6. The summed E-state index contributed by atoms with van der Waals surface area (Å²) in [6.07, 6.45) is 0. The number of methoxy groups -OCH3 is 1. The van der Waals surface area contributed by atoms with Gasteiger partial charge in [0.2, 0.25) is 0 Å². The first-order valence-electron chi connectivity index (χ1n) is 2.93. The van der Waals surface area contributed by atoms with Crippen molar-refractivity contribution in [2.24, 2.45) is 5.92 Å². The summed E-state index contributed by atoms with van der Waals surface area (Å²) in [5, 5.41) is 8.85. The fourth-order valence-electron chi connectivity index (χ4n) is 0.521. The molecule has 0 aliphatic rings. The van der Waals surface area contributed by atoms with E-state index in [1.54, 1.807) is 7.11 Å². The standard InChI is InChI=1S/C5H11NO4/c1-5(3-9-2)4-10-6(7)8/h5H,3-4H2,1-2H3. The van der Waals surface area contributed by atoms with Crippen LogP contribution in [0.4, 0.5) is 0 Å². The Morgan fingerprint density at radius 3 is 2.60 bits per heavy atom. The Morgan fingerprint density at radius 2 is 2.20 bits per heavy atom. The number of hydrogen-bond acceptors (Lipinski definition) is 4. The van der Waals surface area contributed by atoms with Gasteiger partial charge in [0, 0.05) is 13.0 Å². The predicted octanol–water partition coefficient (Wildman–Crippen LogP) is 0.477. The zero-order chi connectivity index (χ0) is 7.98. The molecule has 0 aromatic heterocycles. The van der Waals surface area contributed by atoms with Gasteiger partial charge in [0.25, 0.3) is 5.09 Å². The summed E-state index contributed by atoms with van der Waals surface area (Å²) >= 11 is 0. The van der Waals surface area contributed by atoms with Crippen molar-refractivity contribution in [1.82, 2.24) is 0 Å². The van der Waals surface area contributed by atoms with E-state index in [9.17, 15) is 10.1 Å². The molecular weight excluding hydrogens is 138 g/mol. The molecule has 60 valence electrons. The third-order valence-corrected chi connectivity index (χ3v) is 0.916. The molecule has 10 heavy (non-hydrogen) atoms. The van der Waals surface area contributed by atoms with Crippen molar-refractivity contribution in [3.63, 3.8) is 0 Å². The zero-order valence-corrected chi connectivity index (χ0v) is 6.07. The first kappa shape index (κ1) is 9.16. The highest BCUT2D eigenvalue weighted by Crippen LogP contribution is 1.95. The Morgan fingerprint density at radius 1 is 1.60 bits per heavy atom. The molecular formula is C5H11NO4. The molecule has 0 aliphatic heterocycles. The van der Waals surface area contributed by atoms with Crippen molar-refractivity contribution < 1.29 is 14.7 Å². The van der Waals surface area contributed by atoms with Gasteiger partial charge in [0.05, 0.1) is 6.61 Å². The van der Waals surface area contributed by atoms with E-state index < -0.39 is 5.09 Å². The summed E-state index contributed by atoms with van der Waals surface area (Å²) in [4.78, 5) is 13.7. The van der Waals surface area contributed by atoms with Crippen LogP contribution in [0.15, 0.2) is 0 Å². The monoisotopic (exact) mass is 149 g/mol. The number of ether oxygens (including phenoxy) is 1. The molecule has 0 heterocycles. The Balaban J connectivity index is 3.21. The Labute approximate surface area is 59.0 Å². The molecule has 0 aliphatic carbocycles. The first-order chi connectivity index (χ1) is 4.66. The molecule has 0 spiro atoms. The molecule has 0 amide bonds. The van der Waals surface area contributed by atoms with E-state index in [1.807, 2.05) is 6.92 Å². The lowest BCUT2D eigenvalue weighted by atomic mass is 10.2. The summed E-state index contributed by atoms with van der Waals surface area (Å²) in [7, 11) is 1.54.